The van der Waals surface area contributed by atoms with Gasteiger partial charge in [-0.1, -0.05) is 37.1 Å². The van der Waals surface area contributed by atoms with E-state index >= 15 is 0 Å². The van der Waals surface area contributed by atoms with Gasteiger partial charge >= 0.3 is 0 Å². The number of hydrogen-bond acceptors (Lipinski definition) is 2. The Hall–Kier alpha value is -1.38. The van der Waals surface area contributed by atoms with E-state index in [9.17, 15) is 0 Å². The van der Waals surface area contributed by atoms with Gasteiger partial charge in [0, 0.05) is 0 Å². The van der Waals surface area contributed by atoms with Gasteiger partial charge in [0.2, 0.25) is 0 Å². The molecule has 2 rings (SSSR count). The van der Waals surface area contributed by atoms with Crippen molar-refractivity contribution in [3.63, 3.8) is 0 Å². The number of nitrogens with zero attached hydrogens (tertiary/aromatic N) is 3. The quantitative estimate of drug-likeness (QED) is 0.764. The van der Waals surface area contributed by atoms with Crippen LogP contribution in [0.15, 0.2) is 24.3 Å². The van der Waals surface area contributed by atoms with E-state index in [0.29, 0.717) is 6.04 Å². The summed E-state index contributed by atoms with van der Waals surface area (Å²) in [7, 11) is 0. The zero-order valence-electron chi connectivity index (χ0n) is 9.35. The maximum atomic E-state index is 4.21. The third kappa shape index (κ3) is 2.01. The molecule has 1 aromatic heterocycles. The minimum absolute atomic E-state index is 0.442. The van der Waals surface area contributed by atoms with Crippen molar-refractivity contribution in [2.24, 2.45) is 0 Å². The predicted molar refractivity (Wildman–Crippen MR) is 61.8 cm³/mol. The average molecular weight is 203 g/mol. The fourth-order valence-electron chi connectivity index (χ4n) is 1.83. The van der Waals surface area contributed by atoms with Crippen LogP contribution >= 0.6 is 0 Å². The second kappa shape index (κ2) is 4.43. The lowest BCUT2D eigenvalue weighted by Crippen LogP contribution is -2.06. The smallest absolute Gasteiger partial charge is 0.113 e. The first-order valence-electron chi connectivity index (χ1n) is 5.63. The van der Waals surface area contributed by atoms with Crippen molar-refractivity contribution in [2.45, 2.75) is 39.2 Å². The second-order valence-corrected chi connectivity index (χ2v) is 4.01. The molecule has 0 radical (unpaired) electrons. The van der Waals surface area contributed by atoms with Crippen LogP contribution in [0.5, 0.6) is 0 Å². The van der Waals surface area contributed by atoms with E-state index in [1.54, 1.807) is 0 Å². The number of aromatic nitrogens is 3. The Bertz CT molecular complexity index is 433. The topological polar surface area (TPSA) is 30.7 Å². The van der Waals surface area contributed by atoms with Gasteiger partial charge in [-0.2, -0.15) is 0 Å². The third-order valence-electron chi connectivity index (χ3n) is 2.77. The van der Waals surface area contributed by atoms with E-state index in [2.05, 4.69) is 30.2 Å². The summed E-state index contributed by atoms with van der Waals surface area (Å²) in [6, 6.07) is 8.56. The number of benzene rings is 1. The van der Waals surface area contributed by atoms with Crippen molar-refractivity contribution in [1.82, 2.24) is 15.0 Å². The number of para-hydroxylation sites is 1. The molecule has 3 heteroatoms. The van der Waals surface area contributed by atoms with Gasteiger partial charge in [-0.25, -0.2) is 4.68 Å². The van der Waals surface area contributed by atoms with Crippen molar-refractivity contribution in [3.05, 3.63) is 24.3 Å². The van der Waals surface area contributed by atoms with Gasteiger partial charge in [-0.3, -0.25) is 0 Å². The minimum Gasteiger partial charge on any atom is -0.242 e. The molecule has 0 fully saturated rings. The maximum absolute atomic E-state index is 4.21. The first kappa shape index (κ1) is 10.1. The summed E-state index contributed by atoms with van der Waals surface area (Å²) in [5.41, 5.74) is 2.13. The van der Waals surface area contributed by atoms with Crippen molar-refractivity contribution >= 4 is 11.0 Å². The highest BCUT2D eigenvalue weighted by Gasteiger charge is 2.09. The van der Waals surface area contributed by atoms with Gasteiger partial charge in [0.25, 0.3) is 0 Å². The largest absolute Gasteiger partial charge is 0.242 e. The van der Waals surface area contributed by atoms with Crippen molar-refractivity contribution in [3.8, 4) is 0 Å². The molecule has 0 bridgehead atoms. The lowest BCUT2D eigenvalue weighted by Gasteiger charge is -2.11. The Morgan fingerprint density at radius 2 is 2.13 bits per heavy atom. The lowest BCUT2D eigenvalue weighted by molar-refractivity contribution is 0.445. The molecular formula is C12H17N3. The van der Waals surface area contributed by atoms with Crippen LogP contribution in [-0.4, -0.2) is 15.0 Å². The molecule has 0 saturated carbocycles. The lowest BCUT2D eigenvalue weighted by atomic mass is 10.1. The summed E-state index contributed by atoms with van der Waals surface area (Å²) in [5.74, 6) is 0. The van der Waals surface area contributed by atoms with Crippen LogP contribution in [0.3, 0.4) is 0 Å². The predicted octanol–water partition coefficient (Wildman–Crippen LogP) is 3.18. The highest BCUT2D eigenvalue weighted by molar-refractivity contribution is 5.73. The number of hydrogen-bond donors (Lipinski definition) is 0. The SMILES string of the molecule is CCCCC(C)n1nnc2ccccc21. The minimum atomic E-state index is 0.442. The van der Waals surface area contributed by atoms with E-state index in [4.69, 9.17) is 0 Å². The molecule has 15 heavy (non-hydrogen) atoms. The van der Waals surface area contributed by atoms with E-state index in [1.807, 2.05) is 22.9 Å². The number of unbranched alkanes of at least 4 members (excludes halogenated alkanes) is 1. The molecule has 1 aromatic carbocycles. The van der Waals surface area contributed by atoms with Gasteiger partial charge in [0.1, 0.15) is 5.52 Å². The van der Waals surface area contributed by atoms with Gasteiger partial charge in [0.05, 0.1) is 11.6 Å². The first-order chi connectivity index (χ1) is 7.33. The molecule has 0 aliphatic heterocycles. The van der Waals surface area contributed by atoms with Crippen LogP contribution in [0.25, 0.3) is 11.0 Å². The zero-order chi connectivity index (χ0) is 10.7. The van der Waals surface area contributed by atoms with E-state index in [1.165, 1.54) is 19.3 Å². The van der Waals surface area contributed by atoms with E-state index in [-0.39, 0.29) is 0 Å². The van der Waals surface area contributed by atoms with Crippen molar-refractivity contribution < 1.29 is 0 Å². The molecule has 3 nitrogen and oxygen atoms in total. The highest BCUT2D eigenvalue weighted by Crippen LogP contribution is 2.19. The summed E-state index contributed by atoms with van der Waals surface area (Å²) in [5, 5.41) is 8.38. The molecule has 0 amide bonds. The van der Waals surface area contributed by atoms with Gasteiger partial charge in [-0.05, 0) is 25.5 Å². The molecule has 0 saturated heterocycles. The molecule has 1 unspecified atom stereocenters. The Morgan fingerprint density at radius 3 is 2.93 bits per heavy atom. The molecule has 2 aromatic rings. The summed E-state index contributed by atoms with van der Waals surface area (Å²) in [6.07, 6.45) is 3.65. The van der Waals surface area contributed by atoms with E-state index in [0.717, 1.165) is 11.0 Å². The fourth-order valence-corrected chi connectivity index (χ4v) is 1.83. The number of rotatable bonds is 4. The second-order valence-electron chi connectivity index (χ2n) is 4.01. The molecular weight excluding hydrogens is 186 g/mol. The Labute approximate surface area is 90.1 Å². The Kier molecular flexibility index (Phi) is 2.99. The first-order valence-corrected chi connectivity index (χ1v) is 5.63. The summed E-state index contributed by atoms with van der Waals surface area (Å²) in [4.78, 5) is 0. The summed E-state index contributed by atoms with van der Waals surface area (Å²) < 4.78 is 2.03. The van der Waals surface area contributed by atoms with Gasteiger partial charge in [0.15, 0.2) is 0 Å². The standard InChI is InChI=1S/C12H17N3/c1-3-4-7-10(2)15-12-9-6-5-8-11(12)13-14-15/h5-6,8-10H,3-4,7H2,1-2H3. The molecule has 1 heterocycles. The zero-order valence-corrected chi connectivity index (χ0v) is 9.35. The number of fused-ring (bicyclic) bond motifs is 1. The molecule has 0 aliphatic carbocycles. The van der Waals surface area contributed by atoms with Crippen LogP contribution in [0.1, 0.15) is 39.2 Å². The van der Waals surface area contributed by atoms with Crippen LogP contribution in [0.4, 0.5) is 0 Å². The maximum Gasteiger partial charge on any atom is 0.113 e. The molecule has 0 N–H and O–H groups in total. The Morgan fingerprint density at radius 1 is 1.33 bits per heavy atom. The summed E-state index contributed by atoms with van der Waals surface area (Å²) in [6.45, 7) is 4.42. The molecule has 1 atom stereocenters. The summed E-state index contributed by atoms with van der Waals surface area (Å²) >= 11 is 0. The van der Waals surface area contributed by atoms with Crippen LogP contribution in [-0.2, 0) is 0 Å². The molecule has 0 aliphatic rings. The van der Waals surface area contributed by atoms with Gasteiger partial charge in [-0.15, -0.1) is 5.10 Å². The highest BCUT2D eigenvalue weighted by atomic mass is 15.4. The van der Waals surface area contributed by atoms with E-state index < -0.39 is 0 Å². The third-order valence-corrected chi connectivity index (χ3v) is 2.77. The van der Waals surface area contributed by atoms with Gasteiger partial charge < -0.3 is 0 Å². The van der Waals surface area contributed by atoms with Crippen LogP contribution in [0.2, 0.25) is 0 Å². The average Bonchev–Trinajstić information content (AvgIpc) is 2.69. The molecule has 80 valence electrons. The van der Waals surface area contributed by atoms with Crippen molar-refractivity contribution in [2.75, 3.05) is 0 Å². The Balaban J connectivity index is 2.27. The van der Waals surface area contributed by atoms with Crippen LogP contribution < -0.4 is 0 Å². The normalized spacial score (nSPS) is 13.2. The van der Waals surface area contributed by atoms with Crippen molar-refractivity contribution in [1.29, 1.82) is 0 Å². The fraction of sp³-hybridized carbons (Fsp3) is 0.500. The monoisotopic (exact) mass is 203 g/mol. The van der Waals surface area contributed by atoms with Crippen LogP contribution in [0, 0.1) is 0 Å². The molecule has 0 spiro atoms.